The minimum absolute atomic E-state index is 0.780. The summed E-state index contributed by atoms with van der Waals surface area (Å²) in [7, 11) is 0. The van der Waals surface area contributed by atoms with Gasteiger partial charge in [-0.2, -0.15) is 0 Å². The van der Waals surface area contributed by atoms with Crippen molar-refractivity contribution >= 4 is 6.08 Å². The highest BCUT2D eigenvalue weighted by molar-refractivity contribution is 5.50. The lowest BCUT2D eigenvalue weighted by Crippen LogP contribution is -2.00. The van der Waals surface area contributed by atoms with Crippen molar-refractivity contribution in [3.05, 3.63) is 41.5 Å². The van der Waals surface area contributed by atoms with Crippen LogP contribution in [-0.4, -0.2) is 6.54 Å². The zero-order chi connectivity index (χ0) is 13.3. The van der Waals surface area contributed by atoms with E-state index in [1.807, 2.05) is 0 Å². The quantitative estimate of drug-likeness (QED) is 0.769. The van der Waals surface area contributed by atoms with Gasteiger partial charge in [0.25, 0.3) is 0 Å². The summed E-state index contributed by atoms with van der Waals surface area (Å²) in [5.41, 5.74) is 8.33. The Balaban J connectivity index is 1.93. The normalized spacial score (nSPS) is 17.7. The second-order valence-corrected chi connectivity index (χ2v) is 5.75. The second kappa shape index (κ2) is 8.16. The Kier molecular flexibility index (Phi) is 6.16. The Bertz CT molecular complexity index is 386. The molecular weight excluding hydrogens is 230 g/mol. The Morgan fingerprint density at radius 3 is 2.63 bits per heavy atom. The molecule has 2 N–H and O–H groups in total. The Labute approximate surface area is 117 Å². The SMILES string of the molecule is NCCCc1cccc(/C=C/C2CCCCCC2)c1. The number of aryl methyl sites for hydroxylation is 1. The topological polar surface area (TPSA) is 26.0 Å². The minimum atomic E-state index is 0.780. The van der Waals surface area contributed by atoms with E-state index in [-0.39, 0.29) is 0 Å². The molecule has 1 aromatic rings. The maximum absolute atomic E-state index is 5.57. The van der Waals surface area contributed by atoms with E-state index >= 15 is 0 Å². The van der Waals surface area contributed by atoms with Crippen molar-refractivity contribution in [1.82, 2.24) is 0 Å². The highest BCUT2D eigenvalue weighted by Crippen LogP contribution is 2.24. The molecule has 0 radical (unpaired) electrons. The van der Waals surface area contributed by atoms with Crippen LogP contribution in [0.3, 0.4) is 0 Å². The standard InChI is InChI=1S/C18H27N/c19-14-6-11-17-9-5-10-18(15-17)13-12-16-7-3-1-2-4-8-16/h5,9-10,12-13,15-16H,1-4,6-8,11,14,19H2/b13-12+. The molecule has 1 aliphatic carbocycles. The van der Waals surface area contributed by atoms with Crippen LogP contribution in [0.2, 0.25) is 0 Å². The van der Waals surface area contributed by atoms with Crippen LogP contribution >= 0.6 is 0 Å². The molecule has 19 heavy (non-hydrogen) atoms. The van der Waals surface area contributed by atoms with Gasteiger partial charge in [-0.05, 0) is 49.3 Å². The molecule has 2 rings (SSSR count). The maximum atomic E-state index is 5.57. The smallest absolute Gasteiger partial charge is 0.00741 e. The molecule has 0 saturated heterocycles. The lowest BCUT2D eigenvalue weighted by molar-refractivity contribution is 0.561. The van der Waals surface area contributed by atoms with E-state index in [2.05, 4.69) is 36.4 Å². The molecule has 0 aromatic heterocycles. The van der Waals surface area contributed by atoms with E-state index in [1.165, 1.54) is 49.7 Å². The molecule has 1 fully saturated rings. The van der Waals surface area contributed by atoms with Gasteiger partial charge in [-0.1, -0.05) is 62.1 Å². The first-order valence-corrected chi connectivity index (χ1v) is 7.86. The van der Waals surface area contributed by atoms with Crippen molar-refractivity contribution in [2.75, 3.05) is 6.54 Å². The third-order valence-electron chi connectivity index (χ3n) is 4.08. The minimum Gasteiger partial charge on any atom is -0.330 e. The van der Waals surface area contributed by atoms with Crippen molar-refractivity contribution in [3.8, 4) is 0 Å². The summed E-state index contributed by atoms with van der Waals surface area (Å²) in [5.74, 6) is 0.801. The average Bonchev–Trinajstić information content (AvgIpc) is 2.72. The predicted octanol–water partition coefficient (Wildman–Crippen LogP) is 4.56. The van der Waals surface area contributed by atoms with Crippen LogP contribution in [0.5, 0.6) is 0 Å². The molecule has 0 amide bonds. The second-order valence-electron chi connectivity index (χ2n) is 5.75. The molecule has 104 valence electrons. The fourth-order valence-electron chi connectivity index (χ4n) is 2.91. The zero-order valence-electron chi connectivity index (χ0n) is 12.0. The van der Waals surface area contributed by atoms with Crippen LogP contribution in [0.15, 0.2) is 30.3 Å². The molecule has 0 unspecified atom stereocenters. The molecule has 1 heteroatoms. The summed E-state index contributed by atoms with van der Waals surface area (Å²) < 4.78 is 0. The number of hydrogen-bond acceptors (Lipinski definition) is 1. The Morgan fingerprint density at radius 2 is 1.89 bits per heavy atom. The van der Waals surface area contributed by atoms with E-state index < -0.39 is 0 Å². The number of allylic oxidation sites excluding steroid dienone is 1. The van der Waals surface area contributed by atoms with Gasteiger partial charge in [0, 0.05) is 0 Å². The van der Waals surface area contributed by atoms with Crippen molar-refractivity contribution < 1.29 is 0 Å². The zero-order valence-corrected chi connectivity index (χ0v) is 12.0. The highest BCUT2D eigenvalue weighted by Gasteiger charge is 2.08. The number of nitrogens with two attached hydrogens (primary N) is 1. The fraction of sp³-hybridized carbons (Fsp3) is 0.556. The van der Waals surface area contributed by atoms with Crippen molar-refractivity contribution in [2.24, 2.45) is 11.7 Å². The van der Waals surface area contributed by atoms with E-state index in [0.29, 0.717) is 0 Å². The van der Waals surface area contributed by atoms with Crippen LogP contribution < -0.4 is 5.73 Å². The molecular formula is C18H27N. The Hall–Kier alpha value is -1.08. The molecule has 0 atom stereocenters. The van der Waals surface area contributed by atoms with E-state index in [4.69, 9.17) is 5.73 Å². The van der Waals surface area contributed by atoms with Gasteiger partial charge < -0.3 is 5.73 Å². The van der Waals surface area contributed by atoms with Crippen molar-refractivity contribution in [3.63, 3.8) is 0 Å². The number of rotatable bonds is 5. The van der Waals surface area contributed by atoms with Gasteiger partial charge in [-0.15, -0.1) is 0 Å². The van der Waals surface area contributed by atoms with Gasteiger partial charge in [-0.3, -0.25) is 0 Å². The van der Waals surface area contributed by atoms with Crippen molar-refractivity contribution in [1.29, 1.82) is 0 Å². The summed E-state index contributed by atoms with van der Waals surface area (Å²) in [5, 5.41) is 0. The lowest BCUT2D eigenvalue weighted by atomic mass is 9.98. The van der Waals surface area contributed by atoms with E-state index in [1.54, 1.807) is 0 Å². The highest BCUT2D eigenvalue weighted by atomic mass is 14.5. The lowest BCUT2D eigenvalue weighted by Gasteiger charge is -2.08. The number of benzene rings is 1. The van der Waals surface area contributed by atoms with E-state index in [0.717, 1.165) is 25.3 Å². The third-order valence-corrected chi connectivity index (χ3v) is 4.08. The van der Waals surface area contributed by atoms with Gasteiger partial charge in [-0.25, -0.2) is 0 Å². The third kappa shape index (κ3) is 5.20. The molecule has 0 spiro atoms. The van der Waals surface area contributed by atoms with Gasteiger partial charge in [0.2, 0.25) is 0 Å². The summed E-state index contributed by atoms with van der Waals surface area (Å²) in [6.45, 7) is 0.780. The first-order chi connectivity index (χ1) is 9.38. The summed E-state index contributed by atoms with van der Waals surface area (Å²) in [6, 6.07) is 8.89. The van der Waals surface area contributed by atoms with Crippen molar-refractivity contribution in [2.45, 2.75) is 51.4 Å². The number of hydrogen-bond donors (Lipinski definition) is 1. The molecule has 1 aliphatic rings. The molecule has 1 nitrogen and oxygen atoms in total. The largest absolute Gasteiger partial charge is 0.330 e. The molecule has 0 bridgehead atoms. The van der Waals surface area contributed by atoms with Crippen LogP contribution in [0.4, 0.5) is 0 Å². The summed E-state index contributed by atoms with van der Waals surface area (Å²) in [6.07, 6.45) is 15.4. The van der Waals surface area contributed by atoms with Crippen LogP contribution in [0.25, 0.3) is 6.08 Å². The van der Waals surface area contributed by atoms with Gasteiger partial charge in [0.05, 0.1) is 0 Å². The molecule has 1 saturated carbocycles. The Morgan fingerprint density at radius 1 is 1.11 bits per heavy atom. The molecule has 1 aromatic carbocycles. The van der Waals surface area contributed by atoms with Gasteiger partial charge >= 0.3 is 0 Å². The van der Waals surface area contributed by atoms with Crippen LogP contribution in [0.1, 0.15) is 56.1 Å². The fourth-order valence-corrected chi connectivity index (χ4v) is 2.91. The van der Waals surface area contributed by atoms with Gasteiger partial charge in [0.1, 0.15) is 0 Å². The van der Waals surface area contributed by atoms with E-state index in [9.17, 15) is 0 Å². The van der Waals surface area contributed by atoms with Gasteiger partial charge in [0.15, 0.2) is 0 Å². The molecule has 0 aliphatic heterocycles. The summed E-state index contributed by atoms with van der Waals surface area (Å²) in [4.78, 5) is 0. The predicted molar refractivity (Wildman–Crippen MR) is 84.0 cm³/mol. The first kappa shape index (κ1) is 14.3. The summed E-state index contributed by atoms with van der Waals surface area (Å²) >= 11 is 0. The monoisotopic (exact) mass is 257 g/mol. The van der Waals surface area contributed by atoms with Crippen LogP contribution in [-0.2, 0) is 6.42 Å². The van der Waals surface area contributed by atoms with Crippen LogP contribution in [0, 0.1) is 5.92 Å². The average molecular weight is 257 g/mol. The maximum Gasteiger partial charge on any atom is -0.00741 e. The first-order valence-electron chi connectivity index (χ1n) is 7.86. The molecule has 0 heterocycles.